The summed E-state index contributed by atoms with van der Waals surface area (Å²) in [5.41, 5.74) is 1.33. The van der Waals surface area contributed by atoms with Crippen LogP contribution in [0.3, 0.4) is 0 Å². The fourth-order valence-electron chi connectivity index (χ4n) is 1.73. The Morgan fingerprint density at radius 2 is 1.80 bits per heavy atom. The first-order valence-electron chi connectivity index (χ1n) is 5.64. The molecule has 2 aromatic rings. The zero-order valence-corrected chi connectivity index (χ0v) is 12.6. The summed E-state index contributed by atoms with van der Waals surface area (Å²) in [6, 6.07) is 7.72. The lowest BCUT2D eigenvalue weighted by molar-refractivity contribution is 0.102. The van der Waals surface area contributed by atoms with E-state index in [1.807, 2.05) is 0 Å². The fraction of sp³-hybridized carbons (Fsp3) is 0.0714. The van der Waals surface area contributed by atoms with E-state index < -0.39 is 0 Å². The van der Waals surface area contributed by atoms with Crippen molar-refractivity contribution in [3.63, 3.8) is 0 Å². The number of amides is 1. The zero-order valence-electron chi connectivity index (χ0n) is 10.4. The Morgan fingerprint density at radius 1 is 1.10 bits per heavy atom. The van der Waals surface area contributed by atoms with Crippen LogP contribution >= 0.6 is 34.8 Å². The van der Waals surface area contributed by atoms with Gasteiger partial charge in [-0.1, -0.05) is 34.8 Å². The average molecular weight is 331 g/mol. The number of rotatable bonds is 2. The molecule has 1 amide bonds. The van der Waals surface area contributed by atoms with Crippen molar-refractivity contribution in [1.29, 1.82) is 0 Å². The lowest BCUT2D eigenvalue weighted by Gasteiger charge is -2.10. The first kappa shape index (κ1) is 15.0. The molecule has 2 N–H and O–H groups in total. The number of halogens is 3. The van der Waals surface area contributed by atoms with Gasteiger partial charge in [-0.3, -0.25) is 4.79 Å². The van der Waals surface area contributed by atoms with Crippen LogP contribution in [-0.2, 0) is 0 Å². The topological polar surface area (TPSA) is 49.3 Å². The first-order valence-corrected chi connectivity index (χ1v) is 6.77. The number of aromatic hydroxyl groups is 1. The molecule has 0 aromatic heterocycles. The van der Waals surface area contributed by atoms with Crippen molar-refractivity contribution >= 4 is 46.4 Å². The van der Waals surface area contributed by atoms with Crippen LogP contribution < -0.4 is 5.32 Å². The Morgan fingerprint density at radius 3 is 2.45 bits per heavy atom. The lowest BCUT2D eigenvalue weighted by Crippen LogP contribution is -2.13. The van der Waals surface area contributed by atoms with Crippen LogP contribution in [0, 0.1) is 6.92 Å². The molecule has 6 heteroatoms. The number of phenols is 1. The predicted molar refractivity (Wildman–Crippen MR) is 82.3 cm³/mol. The molecule has 0 saturated heterocycles. The van der Waals surface area contributed by atoms with E-state index in [1.54, 1.807) is 25.1 Å². The highest BCUT2D eigenvalue weighted by Gasteiger charge is 2.14. The fourth-order valence-corrected chi connectivity index (χ4v) is 2.45. The van der Waals surface area contributed by atoms with Crippen LogP contribution in [0.25, 0.3) is 0 Å². The maximum atomic E-state index is 12.2. The minimum atomic E-state index is -0.382. The molecule has 2 aromatic carbocycles. The quantitative estimate of drug-likeness (QED) is 0.768. The molecule has 0 saturated carbocycles. The molecule has 0 aliphatic rings. The summed E-state index contributed by atoms with van der Waals surface area (Å²) >= 11 is 17.5. The molecule has 0 aliphatic carbocycles. The van der Waals surface area contributed by atoms with Crippen molar-refractivity contribution in [3.05, 3.63) is 56.5 Å². The summed E-state index contributed by atoms with van der Waals surface area (Å²) in [4.78, 5) is 12.2. The van der Waals surface area contributed by atoms with Crippen LogP contribution in [0.5, 0.6) is 5.75 Å². The largest absolute Gasteiger partial charge is 0.504 e. The van der Waals surface area contributed by atoms with Crippen LogP contribution in [0.2, 0.25) is 15.1 Å². The minimum absolute atomic E-state index is 0.0700. The zero-order chi connectivity index (χ0) is 14.9. The lowest BCUT2D eigenvalue weighted by atomic mass is 10.1. The Kier molecular flexibility index (Phi) is 4.43. The van der Waals surface area contributed by atoms with E-state index in [1.165, 1.54) is 12.1 Å². The smallest absolute Gasteiger partial charge is 0.256 e. The summed E-state index contributed by atoms with van der Waals surface area (Å²) in [6.07, 6.45) is 0. The molecule has 0 spiro atoms. The number of aryl methyl sites for hydroxylation is 1. The van der Waals surface area contributed by atoms with Crippen LogP contribution in [-0.4, -0.2) is 11.0 Å². The van der Waals surface area contributed by atoms with E-state index in [0.29, 0.717) is 15.6 Å². The molecular formula is C14H10Cl3NO2. The SMILES string of the molecule is Cc1cc(Cl)ccc1C(=O)Nc1cc(Cl)cc(Cl)c1O. The number of carbonyl (C=O) groups excluding carboxylic acids is 1. The molecule has 0 fully saturated rings. The van der Waals surface area contributed by atoms with E-state index >= 15 is 0 Å². The molecule has 0 aliphatic heterocycles. The highest BCUT2D eigenvalue weighted by Crippen LogP contribution is 2.35. The summed E-state index contributed by atoms with van der Waals surface area (Å²) in [7, 11) is 0. The third-order valence-corrected chi connectivity index (χ3v) is 3.45. The monoisotopic (exact) mass is 329 g/mol. The number of anilines is 1. The summed E-state index contributed by atoms with van der Waals surface area (Å²) in [6.45, 7) is 1.77. The van der Waals surface area contributed by atoms with Crippen molar-refractivity contribution < 1.29 is 9.90 Å². The van der Waals surface area contributed by atoms with Crippen molar-refractivity contribution in [2.45, 2.75) is 6.92 Å². The Bertz CT molecular complexity index is 686. The van der Waals surface area contributed by atoms with Crippen molar-refractivity contribution in [3.8, 4) is 5.75 Å². The van der Waals surface area contributed by atoms with Gasteiger partial charge in [0, 0.05) is 15.6 Å². The summed E-state index contributed by atoms with van der Waals surface area (Å²) < 4.78 is 0. The van der Waals surface area contributed by atoms with Gasteiger partial charge in [0.15, 0.2) is 5.75 Å². The summed E-state index contributed by atoms with van der Waals surface area (Å²) in [5.74, 6) is -0.608. The van der Waals surface area contributed by atoms with E-state index in [2.05, 4.69) is 5.32 Å². The normalized spacial score (nSPS) is 10.4. The van der Waals surface area contributed by atoms with E-state index in [4.69, 9.17) is 34.8 Å². The molecule has 3 nitrogen and oxygen atoms in total. The van der Waals surface area contributed by atoms with Gasteiger partial charge in [-0.25, -0.2) is 0 Å². The number of hydrogen-bond acceptors (Lipinski definition) is 2. The minimum Gasteiger partial charge on any atom is -0.504 e. The maximum absolute atomic E-state index is 12.2. The highest BCUT2D eigenvalue weighted by atomic mass is 35.5. The molecule has 0 heterocycles. The second kappa shape index (κ2) is 5.92. The first-order chi connectivity index (χ1) is 9.38. The maximum Gasteiger partial charge on any atom is 0.256 e. The Hall–Kier alpha value is -1.42. The molecular weight excluding hydrogens is 321 g/mol. The Balaban J connectivity index is 2.32. The number of phenolic OH excluding ortho intramolecular Hbond substituents is 1. The van der Waals surface area contributed by atoms with Crippen molar-refractivity contribution in [1.82, 2.24) is 0 Å². The number of hydrogen-bond donors (Lipinski definition) is 2. The third-order valence-electron chi connectivity index (χ3n) is 2.71. The molecule has 0 unspecified atom stereocenters. The van der Waals surface area contributed by atoms with Gasteiger partial charge in [0.25, 0.3) is 5.91 Å². The van der Waals surface area contributed by atoms with Gasteiger partial charge < -0.3 is 10.4 Å². The van der Waals surface area contributed by atoms with Crippen LogP contribution in [0.4, 0.5) is 5.69 Å². The molecule has 0 bridgehead atoms. The van der Waals surface area contributed by atoms with Crippen LogP contribution in [0.1, 0.15) is 15.9 Å². The van der Waals surface area contributed by atoms with E-state index in [-0.39, 0.29) is 22.4 Å². The van der Waals surface area contributed by atoms with E-state index in [9.17, 15) is 9.90 Å². The number of carbonyl (C=O) groups is 1. The van der Waals surface area contributed by atoms with Gasteiger partial charge in [-0.2, -0.15) is 0 Å². The van der Waals surface area contributed by atoms with Gasteiger partial charge in [-0.15, -0.1) is 0 Å². The predicted octanol–water partition coefficient (Wildman–Crippen LogP) is 4.91. The second-order valence-corrected chi connectivity index (χ2v) is 5.48. The number of benzene rings is 2. The molecule has 20 heavy (non-hydrogen) atoms. The summed E-state index contributed by atoms with van der Waals surface area (Å²) in [5, 5.41) is 13.3. The van der Waals surface area contributed by atoms with Gasteiger partial charge in [0.1, 0.15) is 0 Å². The van der Waals surface area contributed by atoms with Crippen molar-refractivity contribution in [2.75, 3.05) is 5.32 Å². The van der Waals surface area contributed by atoms with Gasteiger partial charge in [0.2, 0.25) is 0 Å². The van der Waals surface area contributed by atoms with Gasteiger partial charge >= 0.3 is 0 Å². The van der Waals surface area contributed by atoms with Crippen molar-refractivity contribution in [2.24, 2.45) is 0 Å². The van der Waals surface area contributed by atoms with E-state index in [0.717, 1.165) is 5.56 Å². The highest BCUT2D eigenvalue weighted by molar-refractivity contribution is 6.36. The number of nitrogens with one attached hydrogen (secondary N) is 1. The van der Waals surface area contributed by atoms with Gasteiger partial charge in [0.05, 0.1) is 10.7 Å². The second-order valence-electron chi connectivity index (χ2n) is 4.20. The third kappa shape index (κ3) is 3.18. The van der Waals surface area contributed by atoms with Crippen LogP contribution in [0.15, 0.2) is 30.3 Å². The Labute approximate surface area is 131 Å². The molecule has 2 rings (SSSR count). The van der Waals surface area contributed by atoms with Gasteiger partial charge in [-0.05, 0) is 42.8 Å². The molecule has 0 radical (unpaired) electrons. The standard InChI is InChI=1S/C14H10Cl3NO2/c1-7-4-8(15)2-3-10(7)14(20)18-12-6-9(16)5-11(17)13(12)19/h2-6,19H,1H3,(H,18,20). The molecule has 0 atom stereocenters. The average Bonchev–Trinajstić information content (AvgIpc) is 2.35. The molecule has 104 valence electrons.